The van der Waals surface area contributed by atoms with Crippen LogP contribution in [0.3, 0.4) is 0 Å². The molecule has 1 saturated heterocycles. The van der Waals surface area contributed by atoms with Gasteiger partial charge in [0.2, 0.25) is 0 Å². The number of nitrogens with one attached hydrogen (secondary N) is 1. The highest BCUT2D eigenvalue weighted by Gasteiger charge is 2.44. The zero-order valence-corrected chi connectivity index (χ0v) is 11.9. The van der Waals surface area contributed by atoms with Crippen molar-refractivity contribution in [1.82, 2.24) is 5.32 Å². The van der Waals surface area contributed by atoms with E-state index in [1.165, 1.54) is 57.8 Å². The van der Waals surface area contributed by atoms with E-state index in [0.717, 1.165) is 31.2 Å². The highest BCUT2D eigenvalue weighted by Crippen LogP contribution is 2.46. The first-order chi connectivity index (χ1) is 8.80. The van der Waals surface area contributed by atoms with Gasteiger partial charge in [-0.25, -0.2) is 0 Å². The monoisotopic (exact) mass is 251 g/mol. The third kappa shape index (κ3) is 2.46. The van der Waals surface area contributed by atoms with Crippen LogP contribution in [0.1, 0.15) is 64.7 Å². The van der Waals surface area contributed by atoms with Crippen molar-refractivity contribution in [2.45, 2.75) is 76.8 Å². The Labute approximate surface area is 112 Å². The van der Waals surface area contributed by atoms with Crippen LogP contribution in [0.4, 0.5) is 0 Å². The van der Waals surface area contributed by atoms with E-state index in [1.54, 1.807) is 0 Å². The molecular weight excluding hydrogens is 222 g/mol. The summed E-state index contributed by atoms with van der Waals surface area (Å²) in [5, 5.41) is 4.03. The summed E-state index contributed by atoms with van der Waals surface area (Å²) < 4.78 is 5.58. The summed E-state index contributed by atoms with van der Waals surface area (Å²) >= 11 is 0. The van der Waals surface area contributed by atoms with E-state index in [-0.39, 0.29) is 0 Å². The molecule has 104 valence electrons. The lowest BCUT2D eigenvalue weighted by Crippen LogP contribution is -2.49. The normalized spacial score (nSPS) is 34.2. The highest BCUT2D eigenvalue weighted by molar-refractivity contribution is 4.99. The second-order valence-corrected chi connectivity index (χ2v) is 6.92. The summed E-state index contributed by atoms with van der Waals surface area (Å²) in [6.07, 6.45) is 12.7. The number of hydrogen-bond acceptors (Lipinski definition) is 2. The predicted molar refractivity (Wildman–Crippen MR) is 74.7 cm³/mol. The van der Waals surface area contributed by atoms with Gasteiger partial charge in [-0.3, -0.25) is 0 Å². The van der Waals surface area contributed by atoms with Crippen molar-refractivity contribution in [1.29, 1.82) is 0 Å². The molecule has 3 aliphatic rings. The van der Waals surface area contributed by atoms with Crippen molar-refractivity contribution in [3.63, 3.8) is 0 Å². The molecule has 2 heteroatoms. The first-order valence-electron chi connectivity index (χ1n) is 8.14. The quantitative estimate of drug-likeness (QED) is 0.829. The lowest BCUT2D eigenvalue weighted by atomic mass is 9.75. The molecule has 3 fully saturated rings. The maximum absolute atomic E-state index is 5.58. The van der Waals surface area contributed by atoms with Crippen molar-refractivity contribution in [2.24, 2.45) is 11.3 Å². The minimum Gasteiger partial charge on any atom is -0.381 e. The molecule has 0 bridgehead atoms. The maximum Gasteiger partial charge on any atom is 0.0471 e. The Morgan fingerprint density at radius 3 is 2.44 bits per heavy atom. The SMILES string of the molecule is CC(NC1CCCC12CCOCC2)C1CCCC1. The molecule has 0 amide bonds. The van der Waals surface area contributed by atoms with Gasteiger partial charge >= 0.3 is 0 Å². The first kappa shape index (κ1) is 12.9. The Balaban J connectivity index is 1.60. The summed E-state index contributed by atoms with van der Waals surface area (Å²) in [6.45, 7) is 4.42. The fourth-order valence-electron chi connectivity index (χ4n) is 4.69. The van der Waals surface area contributed by atoms with Gasteiger partial charge in [0.05, 0.1) is 0 Å². The van der Waals surface area contributed by atoms with Gasteiger partial charge < -0.3 is 10.1 Å². The fraction of sp³-hybridized carbons (Fsp3) is 1.00. The van der Waals surface area contributed by atoms with Crippen LogP contribution in [0, 0.1) is 11.3 Å². The van der Waals surface area contributed by atoms with Crippen LogP contribution in [0.2, 0.25) is 0 Å². The molecule has 2 saturated carbocycles. The zero-order valence-electron chi connectivity index (χ0n) is 11.9. The largest absolute Gasteiger partial charge is 0.381 e. The van der Waals surface area contributed by atoms with Crippen LogP contribution in [-0.4, -0.2) is 25.3 Å². The molecule has 0 aromatic rings. The van der Waals surface area contributed by atoms with Gasteiger partial charge in [0.25, 0.3) is 0 Å². The van der Waals surface area contributed by atoms with Crippen LogP contribution in [0.5, 0.6) is 0 Å². The predicted octanol–water partition coefficient (Wildman–Crippen LogP) is 3.50. The standard InChI is InChI=1S/C16H29NO/c1-13(14-5-2-3-6-14)17-15-7-4-8-16(15)9-11-18-12-10-16/h13-15,17H,2-12H2,1H3. The minimum absolute atomic E-state index is 0.588. The zero-order chi connectivity index (χ0) is 12.4. The van der Waals surface area contributed by atoms with Crippen molar-refractivity contribution >= 4 is 0 Å². The van der Waals surface area contributed by atoms with E-state index in [1.807, 2.05) is 0 Å². The first-order valence-corrected chi connectivity index (χ1v) is 8.14. The molecule has 2 unspecified atom stereocenters. The lowest BCUT2D eigenvalue weighted by molar-refractivity contribution is 0.00161. The molecule has 1 spiro atoms. The Kier molecular flexibility index (Phi) is 3.95. The summed E-state index contributed by atoms with van der Waals surface area (Å²) in [7, 11) is 0. The third-order valence-electron chi connectivity index (χ3n) is 5.97. The van der Waals surface area contributed by atoms with Crippen LogP contribution in [-0.2, 0) is 4.74 Å². The lowest BCUT2D eigenvalue weighted by Gasteiger charge is -2.41. The molecular formula is C16H29NO. The van der Waals surface area contributed by atoms with Gasteiger partial charge in [0.15, 0.2) is 0 Å². The Hall–Kier alpha value is -0.0800. The van der Waals surface area contributed by atoms with Crippen LogP contribution < -0.4 is 5.32 Å². The maximum atomic E-state index is 5.58. The van der Waals surface area contributed by atoms with Crippen LogP contribution in [0.25, 0.3) is 0 Å². The van der Waals surface area contributed by atoms with Crippen molar-refractivity contribution in [3.8, 4) is 0 Å². The van der Waals surface area contributed by atoms with Gasteiger partial charge in [-0.2, -0.15) is 0 Å². The molecule has 0 aromatic carbocycles. The van der Waals surface area contributed by atoms with Gasteiger partial charge in [0, 0.05) is 25.3 Å². The molecule has 0 radical (unpaired) electrons. The second kappa shape index (κ2) is 5.50. The topological polar surface area (TPSA) is 21.3 Å². The van der Waals surface area contributed by atoms with Crippen molar-refractivity contribution < 1.29 is 4.74 Å². The molecule has 2 aliphatic carbocycles. The Bertz CT molecular complexity index is 266. The number of rotatable bonds is 3. The van der Waals surface area contributed by atoms with E-state index in [9.17, 15) is 0 Å². The minimum atomic E-state index is 0.588. The Morgan fingerprint density at radius 2 is 1.72 bits per heavy atom. The van der Waals surface area contributed by atoms with Gasteiger partial charge in [0.1, 0.15) is 0 Å². The number of ether oxygens (including phenoxy) is 1. The molecule has 2 atom stereocenters. The van der Waals surface area contributed by atoms with E-state index in [0.29, 0.717) is 5.41 Å². The van der Waals surface area contributed by atoms with Crippen LogP contribution >= 0.6 is 0 Å². The van der Waals surface area contributed by atoms with Gasteiger partial charge in [-0.15, -0.1) is 0 Å². The number of hydrogen-bond donors (Lipinski definition) is 1. The van der Waals surface area contributed by atoms with E-state index >= 15 is 0 Å². The van der Waals surface area contributed by atoms with E-state index in [4.69, 9.17) is 4.74 Å². The van der Waals surface area contributed by atoms with Crippen molar-refractivity contribution in [3.05, 3.63) is 0 Å². The average Bonchev–Trinajstić information content (AvgIpc) is 3.02. The van der Waals surface area contributed by atoms with E-state index in [2.05, 4.69) is 12.2 Å². The molecule has 1 heterocycles. The van der Waals surface area contributed by atoms with Gasteiger partial charge in [-0.05, 0) is 56.8 Å². The fourth-order valence-corrected chi connectivity index (χ4v) is 4.69. The summed E-state index contributed by atoms with van der Waals surface area (Å²) in [4.78, 5) is 0. The molecule has 1 N–H and O–H groups in total. The summed E-state index contributed by atoms with van der Waals surface area (Å²) in [5.74, 6) is 0.947. The van der Waals surface area contributed by atoms with Crippen LogP contribution in [0.15, 0.2) is 0 Å². The summed E-state index contributed by atoms with van der Waals surface area (Å²) in [5.41, 5.74) is 0.588. The van der Waals surface area contributed by atoms with E-state index < -0.39 is 0 Å². The molecule has 18 heavy (non-hydrogen) atoms. The third-order valence-corrected chi connectivity index (χ3v) is 5.97. The molecule has 3 rings (SSSR count). The molecule has 0 aromatic heterocycles. The Morgan fingerprint density at radius 1 is 1.00 bits per heavy atom. The smallest absolute Gasteiger partial charge is 0.0471 e. The summed E-state index contributed by atoms with van der Waals surface area (Å²) in [6, 6.07) is 1.51. The average molecular weight is 251 g/mol. The van der Waals surface area contributed by atoms with Gasteiger partial charge in [-0.1, -0.05) is 19.3 Å². The van der Waals surface area contributed by atoms with Crippen molar-refractivity contribution in [2.75, 3.05) is 13.2 Å². The molecule has 2 nitrogen and oxygen atoms in total. The second-order valence-electron chi connectivity index (χ2n) is 6.92. The molecule has 1 aliphatic heterocycles. The highest BCUT2D eigenvalue weighted by atomic mass is 16.5.